The van der Waals surface area contributed by atoms with Crippen molar-refractivity contribution in [1.29, 1.82) is 0 Å². The number of benzene rings is 2. The average Bonchev–Trinajstić information content (AvgIpc) is 3.29. The van der Waals surface area contributed by atoms with Crippen molar-refractivity contribution in [2.75, 3.05) is 47.0 Å². The van der Waals surface area contributed by atoms with Gasteiger partial charge in [-0.25, -0.2) is 0 Å². The molecule has 0 N–H and O–H groups in total. The second-order valence-corrected chi connectivity index (χ2v) is 8.12. The van der Waals surface area contributed by atoms with Gasteiger partial charge in [0.2, 0.25) is 0 Å². The monoisotopic (exact) mass is 394 g/mol. The van der Waals surface area contributed by atoms with Crippen LogP contribution in [-0.2, 0) is 0 Å². The predicted octanol–water partition coefficient (Wildman–Crippen LogP) is 2.84. The number of carbonyl (C=O) groups is 1. The third kappa shape index (κ3) is 3.12. The third-order valence-corrected chi connectivity index (χ3v) is 6.44. The van der Waals surface area contributed by atoms with Crippen LogP contribution in [0, 0.1) is 11.8 Å². The van der Waals surface area contributed by atoms with Gasteiger partial charge in [0.05, 0.1) is 12.7 Å². The Bertz CT molecular complexity index is 914. The van der Waals surface area contributed by atoms with E-state index >= 15 is 0 Å². The SMILES string of the molecule is COc1ccc([C@@H]2[C@@H]3CN(C(=O)c4cccc5c4OCCO5)C[C@@H]3CN2C)cc1. The third-order valence-electron chi connectivity index (χ3n) is 6.44. The van der Waals surface area contributed by atoms with Gasteiger partial charge in [0, 0.05) is 31.6 Å². The number of rotatable bonds is 3. The largest absolute Gasteiger partial charge is 0.497 e. The van der Waals surface area contributed by atoms with Crippen LogP contribution in [0.1, 0.15) is 22.0 Å². The molecule has 2 aromatic carbocycles. The van der Waals surface area contributed by atoms with Gasteiger partial charge in [-0.2, -0.15) is 0 Å². The maximum Gasteiger partial charge on any atom is 0.257 e. The molecular weight excluding hydrogens is 368 g/mol. The normalized spacial score (nSPS) is 25.7. The number of ether oxygens (including phenoxy) is 3. The van der Waals surface area contributed by atoms with E-state index in [1.807, 2.05) is 35.2 Å². The lowest BCUT2D eigenvalue weighted by Crippen LogP contribution is -2.34. The molecule has 6 heteroatoms. The van der Waals surface area contributed by atoms with Crippen LogP contribution in [0.4, 0.5) is 0 Å². The summed E-state index contributed by atoms with van der Waals surface area (Å²) in [4.78, 5) is 17.7. The predicted molar refractivity (Wildman–Crippen MR) is 109 cm³/mol. The summed E-state index contributed by atoms with van der Waals surface area (Å²) in [6.07, 6.45) is 0. The molecule has 3 atom stereocenters. The van der Waals surface area contributed by atoms with Crippen LogP contribution < -0.4 is 14.2 Å². The molecule has 0 radical (unpaired) electrons. The molecule has 6 nitrogen and oxygen atoms in total. The fourth-order valence-corrected chi connectivity index (χ4v) is 5.14. The Morgan fingerprint density at radius 2 is 1.83 bits per heavy atom. The van der Waals surface area contributed by atoms with Gasteiger partial charge in [0.25, 0.3) is 5.91 Å². The van der Waals surface area contributed by atoms with E-state index in [0.29, 0.717) is 48.2 Å². The van der Waals surface area contributed by atoms with Gasteiger partial charge in [-0.15, -0.1) is 0 Å². The first-order valence-electron chi connectivity index (χ1n) is 10.2. The van der Waals surface area contributed by atoms with Crippen LogP contribution in [0.5, 0.6) is 17.2 Å². The molecule has 0 unspecified atom stereocenters. The summed E-state index contributed by atoms with van der Waals surface area (Å²) < 4.78 is 16.7. The van der Waals surface area contributed by atoms with E-state index < -0.39 is 0 Å². The van der Waals surface area contributed by atoms with Crippen LogP contribution in [0.3, 0.4) is 0 Å². The first-order valence-corrected chi connectivity index (χ1v) is 10.2. The van der Waals surface area contributed by atoms with Crippen molar-refractivity contribution in [2.45, 2.75) is 6.04 Å². The van der Waals surface area contributed by atoms with Gasteiger partial charge in [0.1, 0.15) is 19.0 Å². The number of methoxy groups -OCH3 is 1. The van der Waals surface area contributed by atoms with E-state index in [9.17, 15) is 4.79 Å². The fourth-order valence-electron chi connectivity index (χ4n) is 5.14. The zero-order valence-electron chi connectivity index (χ0n) is 16.8. The summed E-state index contributed by atoms with van der Waals surface area (Å²) in [6.45, 7) is 3.54. The van der Waals surface area contributed by atoms with Crippen molar-refractivity contribution >= 4 is 5.91 Å². The van der Waals surface area contributed by atoms with E-state index in [0.717, 1.165) is 25.4 Å². The van der Waals surface area contributed by atoms with Crippen LogP contribution in [0.15, 0.2) is 42.5 Å². The molecule has 3 aliphatic rings. The van der Waals surface area contributed by atoms with Gasteiger partial charge in [-0.1, -0.05) is 18.2 Å². The lowest BCUT2D eigenvalue weighted by atomic mass is 9.89. The fraction of sp³-hybridized carbons (Fsp3) is 0.435. The molecule has 3 aliphatic heterocycles. The number of carbonyl (C=O) groups excluding carboxylic acids is 1. The average molecular weight is 394 g/mol. The zero-order chi connectivity index (χ0) is 20.0. The Morgan fingerprint density at radius 3 is 2.62 bits per heavy atom. The van der Waals surface area contributed by atoms with Crippen molar-refractivity contribution in [2.24, 2.45) is 11.8 Å². The topological polar surface area (TPSA) is 51.2 Å². The number of para-hydroxylation sites is 1. The minimum atomic E-state index is 0.0397. The Balaban J connectivity index is 1.37. The second kappa shape index (κ2) is 7.26. The van der Waals surface area contributed by atoms with Crippen molar-refractivity contribution in [1.82, 2.24) is 9.80 Å². The Labute approximate surface area is 171 Å². The van der Waals surface area contributed by atoms with Crippen LogP contribution in [0.25, 0.3) is 0 Å². The number of hydrogen-bond acceptors (Lipinski definition) is 5. The molecule has 0 saturated carbocycles. The minimum Gasteiger partial charge on any atom is -0.497 e. The highest BCUT2D eigenvalue weighted by Gasteiger charge is 2.47. The minimum absolute atomic E-state index is 0.0397. The van der Waals surface area contributed by atoms with E-state index in [2.05, 4.69) is 24.1 Å². The number of likely N-dealkylation sites (tertiary alicyclic amines) is 2. The molecule has 3 heterocycles. The van der Waals surface area contributed by atoms with Crippen LogP contribution in [-0.4, -0.2) is 62.7 Å². The first-order chi connectivity index (χ1) is 14.2. The second-order valence-electron chi connectivity index (χ2n) is 8.12. The summed E-state index contributed by atoms with van der Waals surface area (Å²) in [5.41, 5.74) is 1.89. The number of hydrogen-bond donors (Lipinski definition) is 0. The molecule has 2 saturated heterocycles. The molecule has 152 valence electrons. The molecule has 5 rings (SSSR count). The molecule has 2 aromatic rings. The van der Waals surface area contributed by atoms with E-state index in [1.165, 1.54) is 5.56 Å². The van der Waals surface area contributed by atoms with Gasteiger partial charge in [-0.3, -0.25) is 9.69 Å². The summed E-state index contributed by atoms with van der Waals surface area (Å²) in [7, 11) is 3.86. The molecule has 2 fully saturated rings. The van der Waals surface area contributed by atoms with Gasteiger partial charge in [0.15, 0.2) is 11.5 Å². The maximum absolute atomic E-state index is 13.3. The van der Waals surface area contributed by atoms with Crippen molar-refractivity contribution in [3.05, 3.63) is 53.6 Å². The molecular formula is C23H26N2O4. The lowest BCUT2D eigenvalue weighted by Gasteiger charge is -2.28. The summed E-state index contributed by atoms with van der Waals surface area (Å²) in [5.74, 6) is 3.06. The molecule has 0 aliphatic carbocycles. The molecule has 0 aromatic heterocycles. The van der Waals surface area contributed by atoms with E-state index in [1.54, 1.807) is 7.11 Å². The lowest BCUT2D eigenvalue weighted by molar-refractivity contribution is 0.0757. The van der Waals surface area contributed by atoms with Gasteiger partial charge in [-0.05, 0) is 42.8 Å². The van der Waals surface area contributed by atoms with Gasteiger partial charge >= 0.3 is 0 Å². The highest BCUT2D eigenvalue weighted by molar-refractivity contribution is 5.98. The van der Waals surface area contributed by atoms with E-state index in [-0.39, 0.29) is 5.91 Å². The Hall–Kier alpha value is -2.73. The van der Waals surface area contributed by atoms with Crippen molar-refractivity contribution in [3.63, 3.8) is 0 Å². The van der Waals surface area contributed by atoms with Crippen molar-refractivity contribution in [3.8, 4) is 17.2 Å². The Kier molecular flexibility index (Phi) is 4.59. The van der Waals surface area contributed by atoms with Gasteiger partial charge < -0.3 is 19.1 Å². The number of fused-ring (bicyclic) bond motifs is 2. The van der Waals surface area contributed by atoms with Crippen LogP contribution in [0.2, 0.25) is 0 Å². The summed E-state index contributed by atoms with van der Waals surface area (Å²) in [6, 6.07) is 14.2. The summed E-state index contributed by atoms with van der Waals surface area (Å²) in [5, 5.41) is 0. The quantitative estimate of drug-likeness (QED) is 0.801. The highest BCUT2D eigenvalue weighted by atomic mass is 16.6. The Morgan fingerprint density at radius 1 is 1.03 bits per heavy atom. The molecule has 0 spiro atoms. The standard InChI is InChI=1S/C23H26N2O4/c1-24-12-16-13-25(14-19(16)21(24)15-6-8-17(27-2)9-7-15)23(26)18-4-3-5-20-22(18)29-11-10-28-20/h3-9,16,19,21H,10-14H2,1-2H3/t16-,19+,21+/m0/s1. The molecule has 29 heavy (non-hydrogen) atoms. The zero-order valence-corrected chi connectivity index (χ0v) is 16.8. The first kappa shape index (κ1) is 18.3. The number of nitrogens with zero attached hydrogens (tertiary/aromatic N) is 2. The smallest absolute Gasteiger partial charge is 0.257 e. The maximum atomic E-state index is 13.3. The van der Waals surface area contributed by atoms with Crippen LogP contribution >= 0.6 is 0 Å². The summed E-state index contributed by atoms with van der Waals surface area (Å²) >= 11 is 0. The highest BCUT2D eigenvalue weighted by Crippen LogP contribution is 2.45. The molecule has 1 amide bonds. The van der Waals surface area contributed by atoms with E-state index in [4.69, 9.17) is 14.2 Å². The number of amides is 1. The molecule has 0 bridgehead atoms. The van der Waals surface area contributed by atoms with Crippen molar-refractivity contribution < 1.29 is 19.0 Å².